The topological polar surface area (TPSA) is 26.0 Å². The number of rotatable bonds is 2. The summed E-state index contributed by atoms with van der Waals surface area (Å²) in [5, 5.41) is 0. The SMILES string of the molecule is NC(Cc1cc2c(s1)CCCC2)C(F)(F)F. The molecule has 0 radical (unpaired) electrons. The predicted octanol–water partition coefficient (Wildman–Crippen LogP) is 3.06. The van der Waals surface area contributed by atoms with Crippen molar-refractivity contribution in [2.75, 3.05) is 0 Å². The normalized spacial score (nSPS) is 18.2. The first kappa shape index (κ1) is 11.9. The van der Waals surface area contributed by atoms with Crippen LogP contribution in [0.15, 0.2) is 6.07 Å². The van der Waals surface area contributed by atoms with Crippen molar-refractivity contribution in [2.45, 2.75) is 44.3 Å². The quantitative estimate of drug-likeness (QED) is 0.856. The van der Waals surface area contributed by atoms with E-state index in [-0.39, 0.29) is 6.42 Å². The summed E-state index contributed by atoms with van der Waals surface area (Å²) in [4.78, 5) is 2.03. The molecule has 1 aliphatic rings. The van der Waals surface area contributed by atoms with Crippen molar-refractivity contribution in [1.82, 2.24) is 0 Å². The van der Waals surface area contributed by atoms with Crippen molar-refractivity contribution >= 4 is 11.3 Å². The molecular formula is C11H14F3NS. The van der Waals surface area contributed by atoms with Crippen LogP contribution >= 0.6 is 11.3 Å². The molecule has 1 unspecified atom stereocenters. The van der Waals surface area contributed by atoms with E-state index in [1.165, 1.54) is 21.8 Å². The predicted molar refractivity (Wildman–Crippen MR) is 58.7 cm³/mol. The summed E-state index contributed by atoms with van der Waals surface area (Å²) >= 11 is 1.50. The molecule has 1 heterocycles. The van der Waals surface area contributed by atoms with Crippen molar-refractivity contribution in [1.29, 1.82) is 0 Å². The van der Waals surface area contributed by atoms with Gasteiger partial charge in [0.15, 0.2) is 0 Å². The highest BCUT2D eigenvalue weighted by molar-refractivity contribution is 7.12. The molecule has 0 fully saturated rings. The van der Waals surface area contributed by atoms with Crippen molar-refractivity contribution in [2.24, 2.45) is 5.73 Å². The molecule has 0 bridgehead atoms. The first-order chi connectivity index (χ1) is 7.47. The second-order valence-electron chi connectivity index (χ2n) is 4.22. The summed E-state index contributed by atoms with van der Waals surface area (Å²) in [6, 6.07) is 0.178. The fourth-order valence-corrected chi connectivity index (χ4v) is 3.30. The molecule has 0 saturated heterocycles. The molecule has 1 aromatic heterocycles. The second kappa shape index (κ2) is 4.37. The number of fused-ring (bicyclic) bond motifs is 1. The van der Waals surface area contributed by atoms with Gasteiger partial charge < -0.3 is 5.73 Å². The van der Waals surface area contributed by atoms with Gasteiger partial charge in [-0.25, -0.2) is 0 Å². The monoisotopic (exact) mass is 249 g/mol. The van der Waals surface area contributed by atoms with E-state index < -0.39 is 12.2 Å². The van der Waals surface area contributed by atoms with Crippen LogP contribution in [0.2, 0.25) is 0 Å². The molecule has 5 heteroatoms. The highest BCUT2D eigenvalue weighted by Gasteiger charge is 2.36. The lowest BCUT2D eigenvalue weighted by Gasteiger charge is -2.13. The molecule has 1 atom stereocenters. The lowest BCUT2D eigenvalue weighted by atomic mass is 9.99. The zero-order chi connectivity index (χ0) is 11.8. The molecule has 90 valence electrons. The van der Waals surface area contributed by atoms with Crippen LogP contribution in [-0.2, 0) is 19.3 Å². The minimum atomic E-state index is -4.29. The van der Waals surface area contributed by atoms with Gasteiger partial charge in [-0.3, -0.25) is 0 Å². The Hall–Kier alpha value is -0.550. The van der Waals surface area contributed by atoms with Crippen LogP contribution in [0.4, 0.5) is 13.2 Å². The summed E-state index contributed by atoms with van der Waals surface area (Å²) < 4.78 is 36.9. The van der Waals surface area contributed by atoms with Crippen LogP contribution < -0.4 is 5.73 Å². The zero-order valence-corrected chi connectivity index (χ0v) is 9.63. The van der Waals surface area contributed by atoms with E-state index in [4.69, 9.17) is 5.73 Å². The van der Waals surface area contributed by atoms with Gasteiger partial charge in [0, 0.05) is 16.2 Å². The van der Waals surface area contributed by atoms with Gasteiger partial charge in [0.25, 0.3) is 0 Å². The smallest absolute Gasteiger partial charge is 0.320 e. The number of hydrogen-bond donors (Lipinski definition) is 1. The Balaban J connectivity index is 2.08. The maximum absolute atomic E-state index is 12.3. The lowest BCUT2D eigenvalue weighted by Crippen LogP contribution is -2.38. The van der Waals surface area contributed by atoms with Gasteiger partial charge in [-0.2, -0.15) is 13.2 Å². The van der Waals surface area contributed by atoms with E-state index in [1.54, 1.807) is 0 Å². The van der Waals surface area contributed by atoms with Crippen molar-refractivity contribution in [3.8, 4) is 0 Å². The van der Waals surface area contributed by atoms with E-state index >= 15 is 0 Å². The summed E-state index contributed by atoms with van der Waals surface area (Å²) in [5.74, 6) is 0. The number of thiophene rings is 1. The van der Waals surface area contributed by atoms with Gasteiger partial charge in [0.05, 0.1) is 0 Å². The van der Waals surface area contributed by atoms with E-state index in [2.05, 4.69) is 0 Å². The average molecular weight is 249 g/mol. The van der Waals surface area contributed by atoms with Crippen LogP contribution in [0.25, 0.3) is 0 Å². The summed E-state index contributed by atoms with van der Waals surface area (Å²) in [6.45, 7) is 0. The summed E-state index contributed by atoms with van der Waals surface area (Å²) in [5.41, 5.74) is 6.36. The van der Waals surface area contributed by atoms with Gasteiger partial charge in [-0.05, 0) is 37.3 Å². The van der Waals surface area contributed by atoms with Crippen molar-refractivity contribution in [3.63, 3.8) is 0 Å². The van der Waals surface area contributed by atoms with E-state index in [9.17, 15) is 13.2 Å². The second-order valence-corrected chi connectivity index (χ2v) is 5.44. The fourth-order valence-electron chi connectivity index (χ4n) is 1.99. The molecule has 1 aromatic rings. The van der Waals surface area contributed by atoms with Crippen molar-refractivity contribution < 1.29 is 13.2 Å². The van der Waals surface area contributed by atoms with Gasteiger partial charge in [0.2, 0.25) is 0 Å². The summed E-state index contributed by atoms with van der Waals surface area (Å²) in [6.07, 6.45) is -0.0488. The minimum absolute atomic E-state index is 0.0822. The van der Waals surface area contributed by atoms with Gasteiger partial charge >= 0.3 is 6.18 Å². The molecule has 2 N–H and O–H groups in total. The minimum Gasteiger partial charge on any atom is -0.320 e. The third-order valence-electron chi connectivity index (χ3n) is 2.89. The molecule has 1 nitrogen and oxygen atoms in total. The number of aryl methyl sites for hydroxylation is 2. The first-order valence-corrected chi connectivity index (χ1v) is 6.21. The Morgan fingerprint density at radius 3 is 2.62 bits per heavy atom. The molecule has 0 aliphatic heterocycles. The number of alkyl halides is 3. The molecule has 0 aromatic carbocycles. The Bertz CT molecular complexity index is 346. The number of hydrogen-bond acceptors (Lipinski definition) is 2. The van der Waals surface area contributed by atoms with Gasteiger partial charge in [-0.15, -0.1) is 11.3 Å². The maximum atomic E-state index is 12.3. The van der Waals surface area contributed by atoms with E-state index in [0.717, 1.165) is 30.6 Å². The number of halogens is 3. The zero-order valence-electron chi connectivity index (χ0n) is 8.81. The molecule has 0 spiro atoms. The van der Waals surface area contributed by atoms with Gasteiger partial charge in [0.1, 0.15) is 6.04 Å². The first-order valence-electron chi connectivity index (χ1n) is 5.39. The third kappa shape index (κ3) is 2.58. The molecular weight excluding hydrogens is 235 g/mol. The van der Waals surface area contributed by atoms with Crippen LogP contribution in [0.3, 0.4) is 0 Å². The highest BCUT2D eigenvalue weighted by Crippen LogP contribution is 2.31. The largest absolute Gasteiger partial charge is 0.403 e. The van der Waals surface area contributed by atoms with Gasteiger partial charge in [-0.1, -0.05) is 0 Å². The highest BCUT2D eigenvalue weighted by atomic mass is 32.1. The standard InChI is InChI=1S/C11H14F3NS/c12-11(13,14)10(15)6-8-5-7-3-1-2-4-9(7)16-8/h5,10H,1-4,6,15H2. The van der Waals surface area contributed by atoms with Crippen LogP contribution in [-0.4, -0.2) is 12.2 Å². The van der Waals surface area contributed by atoms with Crippen LogP contribution in [0.1, 0.15) is 28.2 Å². The Morgan fingerprint density at radius 2 is 2.00 bits per heavy atom. The number of nitrogens with two attached hydrogens (primary N) is 1. The molecule has 1 aliphatic carbocycles. The molecule has 2 rings (SSSR count). The fraction of sp³-hybridized carbons (Fsp3) is 0.636. The molecule has 16 heavy (non-hydrogen) atoms. The van der Waals surface area contributed by atoms with Crippen LogP contribution in [0, 0.1) is 0 Å². The maximum Gasteiger partial charge on any atom is 0.403 e. The molecule has 0 amide bonds. The third-order valence-corrected chi connectivity index (χ3v) is 4.15. The van der Waals surface area contributed by atoms with E-state index in [0.29, 0.717) is 0 Å². The average Bonchev–Trinajstić information content (AvgIpc) is 2.58. The molecule has 0 saturated carbocycles. The Kier molecular flexibility index (Phi) is 3.26. The van der Waals surface area contributed by atoms with Crippen molar-refractivity contribution in [3.05, 3.63) is 21.4 Å². The Labute approximate surface area is 96.5 Å². The summed E-state index contributed by atoms with van der Waals surface area (Å²) in [7, 11) is 0. The lowest BCUT2D eigenvalue weighted by molar-refractivity contribution is -0.147. The Morgan fingerprint density at radius 1 is 1.31 bits per heavy atom. The van der Waals surface area contributed by atoms with E-state index in [1.807, 2.05) is 6.07 Å². The van der Waals surface area contributed by atoms with Crippen LogP contribution in [0.5, 0.6) is 0 Å².